The van der Waals surface area contributed by atoms with Crippen LogP contribution in [-0.2, 0) is 223 Å². The van der Waals surface area contributed by atoms with Gasteiger partial charge in [-0.15, -0.1) is 0 Å². The summed E-state index contributed by atoms with van der Waals surface area (Å²) in [6.45, 7) is -9.27. The number of hydrogen-bond donors (Lipinski definition) is 0. The predicted octanol–water partition coefficient (Wildman–Crippen LogP) is -54.8. The van der Waals surface area contributed by atoms with E-state index >= 15 is 0 Å². The van der Waals surface area contributed by atoms with Crippen LogP contribution in [0.15, 0.2) is 0 Å². The first kappa shape index (κ1) is 139. The van der Waals surface area contributed by atoms with Crippen molar-refractivity contribution in [2.24, 2.45) is 0 Å². The van der Waals surface area contributed by atoms with E-state index in [0.29, 0.717) is 0 Å². The number of ether oxygens (including phenoxy) is 7. The number of rotatable bonds is 35. The molecular formula is C23H27Na13O59S13. The molecule has 4 fully saturated rings. The fraction of sp³-hybridized carbons (Fsp3) is 1.00. The van der Waals surface area contributed by atoms with Crippen molar-refractivity contribution < 1.29 is 640 Å². The van der Waals surface area contributed by atoms with E-state index < -0.39 is 278 Å². The standard InChI is InChI=1S/C23H40O59S13.13Na/c24-83(25,26)64-2-5-9(13(76-89(42,43)44)17(80-93(54,55)56)22(67-5)72-23-19(82-95(60,61)62)15(78-91(48,49)50)12(75-88(39,40)41)7(69-23)4-66-85(30,31)32)70-20-16(79-92(51,52)53)10(8(1-63-20)73-86(33,34)35)71-21-18(81-94(57,58)59)14(77-90(45,46)47)11(74-87(36,37)38)6(68-21)3-65-84(27,28)29;;;;;;;;;;;;;/h5-23H,1-4H2,(H,24,25,26)(H,27,28,29)(H,30,31,32)(H,33,34,35)(H,36,37,38)(H,39,40,41)(H,42,43,44)(H,45,46,47)(H,48,49,50)(H,51,52,53)(H,54,55,56)(H,57,58,59)(H,60,61,62);;;;;;;;;;;;;/q;13*+1/p-13. The van der Waals surface area contributed by atoms with E-state index in [1.54, 1.807) is 0 Å². The van der Waals surface area contributed by atoms with E-state index in [1.165, 1.54) is 0 Å². The first-order valence-electron chi connectivity index (χ1n) is 21.9. The summed E-state index contributed by atoms with van der Waals surface area (Å²) < 4.78 is 554. The molecule has 59 nitrogen and oxygen atoms in total. The topological polar surface area (TPSA) is 928 Å². The summed E-state index contributed by atoms with van der Waals surface area (Å²) >= 11 is 0. The molecule has 0 aliphatic carbocycles. The minimum absolute atomic E-state index is 0. The summed E-state index contributed by atoms with van der Waals surface area (Å²) in [4.78, 5) is 0. The van der Waals surface area contributed by atoms with Crippen molar-refractivity contribution in [2.75, 3.05) is 26.4 Å². The molecule has 19 atom stereocenters. The van der Waals surface area contributed by atoms with Crippen molar-refractivity contribution in [3.05, 3.63) is 0 Å². The Morgan fingerprint density at radius 2 is 0.398 bits per heavy atom. The molecule has 19 unspecified atom stereocenters. The normalized spacial score (nSPS) is 28.8. The molecular weight excluding hydrogens is 1940 g/mol. The van der Waals surface area contributed by atoms with Gasteiger partial charge < -0.3 is 92.3 Å². The molecule has 0 aromatic rings. The average molecular weight is 1960 g/mol. The molecule has 85 heteroatoms. The molecule has 0 aromatic carbocycles. The molecule has 4 rings (SSSR count). The second-order valence-corrected chi connectivity index (χ2v) is 30.3. The van der Waals surface area contributed by atoms with Crippen LogP contribution >= 0.6 is 0 Å². The summed E-state index contributed by atoms with van der Waals surface area (Å²) in [6, 6.07) is 0. The van der Waals surface area contributed by atoms with Crippen molar-refractivity contribution in [1.82, 2.24) is 0 Å². The maximum atomic E-state index is 12.5. The third kappa shape index (κ3) is 55.8. The van der Waals surface area contributed by atoms with Gasteiger partial charge in [0.05, 0.1) is 26.4 Å². The molecule has 0 saturated carbocycles. The van der Waals surface area contributed by atoms with Crippen molar-refractivity contribution in [3.8, 4) is 0 Å². The first-order chi connectivity index (χ1) is 42.1. The van der Waals surface area contributed by atoms with Gasteiger partial charge in [0.1, 0.15) is 67.1 Å². The van der Waals surface area contributed by atoms with Crippen molar-refractivity contribution in [3.63, 3.8) is 0 Å². The quantitative estimate of drug-likeness (QED) is 0.0323. The second kappa shape index (κ2) is 55.9. The van der Waals surface area contributed by atoms with Gasteiger partial charge in [0.2, 0.25) is 135 Å². The molecule has 0 radical (unpaired) electrons. The van der Waals surface area contributed by atoms with Gasteiger partial charge in [-0.25, -0.2) is 109 Å². The summed E-state index contributed by atoms with van der Waals surface area (Å²) in [5.41, 5.74) is 0. The Bertz CT molecular complexity index is 4320. The zero-order valence-corrected chi connectivity index (χ0v) is 92.8. The Hall–Kier alpha value is 11.0. The van der Waals surface area contributed by atoms with E-state index in [9.17, 15) is 169 Å². The van der Waals surface area contributed by atoms with Crippen molar-refractivity contribution >= 4 is 135 Å². The van der Waals surface area contributed by atoms with Crippen LogP contribution in [0.25, 0.3) is 0 Å². The zero-order valence-electron chi connectivity index (χ0n) is 56.2. The van der Waals surface area contributed by atoms with Gasteiger partial charge in [-0.3, -0.25) is 54.4 Å². The second-order valence-electron chi connectivity index (χ2n) is 17.0. The molecule has 0 spiro atoms. The van der Waals surface area contributed by atoms with Crippen LogP contribution in [0.3, 0.4) is 0 Å². The molecule has 4 saturated heterocycles. The fourth-order valence-electron chi connectivity index (χ4n) is 7.88. The van der Waals surface area contributed by atoms with Gasteiger partial charge in [-0.05, 0) is 0 Å². The van der Waals surface area contributed by atoms with E-state index in [2.05, 4.69) is 54.4 Å². The van der Waals surface area contributed by atoms with Crippen LogP contribution in [0.1, 0.15) is 0 Å². The Balaban J connectivity index is -0.000000923. The predicted molar refractivity (Wildman–Crippen MR) is 239 cm³/mol. The van der Waals surface area contributed by atoms with Crippen LogP contribution in [-0.4, -0.2) is 312 Å². The molecule has 0 aromatic heterocycles. The maximum absolute atomic E-state index is 12.5. The summed E-state index contributed by atoms with van der Waals surface area (Å²) in [5, 5.41) is 0. The molecule has 564 valence electrons. The smallest absolute Gasteiger partial charge is 0.726 e. The van der Waals surface area contributed by atoms with Crippen LogP contribution in [0, 0.1) is 0 Å². The summed E-state index contributed by atoms with van der Waals surface area (Å²) in [5.74, 6) is 0. The summed E-state index contributed by atoms with van der Waals surface area (Å²) in [6.07, 6.45) is -70.9. The monoisotopic (exact) mass is 1960 g/mol. The third-order valence-corrected chi connectivity index (χ3v) is 16.3. The Kier molecular flexibility index (Phi) is 72.2. The van der Waals surface area contributed by atoms with Gasteiger partial charge in [-0.1, -0.05) is 0 Å². The minimum Gasteiger partial charge on any atom is -0.726 e. The molecule has 4 heterocycles. The number of hydrogen-bond acceptors (Lipinski definition) is 59. The van der Waals surface area contributed by atoms with Crippen molar-refractivity contribution in [2.45, 2.75) is 117 Å². The largest absolute Gasteiger partial charge is 1.00 e. The van der Waals surface area contributed by atoms with Crippen LogP contribution in [0.2, 0.25) is 0 Å². The Morgan fingerprint density at radius 1 is 0.213 bits per heavy atom. The first-order valence-corrected chi connectivity index (χ1v) is 39.2. The van der Waals surface area contributed by atoms with Crippen LogP contribution in [0.5, 0.6) is 0 Å². The van der Waals surface area contributed by atoms with Gasteiger partial charge in [0.15, 0.2) is 49.6 Å². The molecule has 4 aliphatic heterocycles. The fourth-order valence-corrected chi connectivity index (χ4v) is 13.6. The summed E-state index contributed by atoms with van der Waals surface area (Å²) in [7, 11) is -87.1. The maximum Gasteiger partial charge on any atom is 1.00 e. The van der Waals surface area contributed by atoms with Crippen LogP contribution in [0.4, 0.5) is 0 Å². The van der Waals surface area contributed by atoms with Crippen LogP contribution < -0.4 is 384 Å². The van der Waals surface area contributed by atoms with Gasteiger partial charge >= 0.3 is 384 Å². The third-order valence-electron chi connectivity index (χ3n) is 10.4. The van der Waals surface area contributed by atoms with Crippen molar-refractivity contribution in [1.29, 1.82) is 0 Å². The van der Waals surface area contributed by atoms with E-state index in [-0.39, 0.29) is 384 Å². The Labute approximate surface area is 900 Å². The van der Waals surface area contributed by atoms with E-state index in [0.717, 1.165) is 0 Å². The molecule has 0 amide bonds. The average Bonchev–Trinajstić information content (AvgIpc) is 0.761. The zero-order chi connectivity index (χ0) is 73.4. The Morgan fingerprint density at radius 3 is 0.630 bits per heavy atom. The van der Waals surface area contributed by atoms with Gasteiger partial charge in [-0.2, -0.15) is 0 Å². The molecule has 4 aliphatic rings. The molecule has 108 heavy (non-hydrogen) atoms. The van der Waals surface area contributed by atoms with Gasteiger partial charge in [0.25, 0.3) is 0 Å². The SMILES string of the molecule is O=S(=O)([O-])OCC1OC(OC2OC(COS(=O)(=O)[O-])C(OS(=O)(=O)[O-])C(OS(=O)(=O)[O-])C2OS(=O)(=O)[O-])C(OS(=O)(=O)[O-])C(OS(=O)(=O)[O-])C1OC1OCC(OS(=O)(=O)[O-])C(OC2OC(COS(=O)(=O)[O-])C(OS(=O)(=O)[O-])C(OS(=O)(=O)[O-])C2OS(=O)(=O)[O-])C1OS(=O)(=O)[O-].[Na+].[Na+].[Na+].[Na+].[Na+].[Na+].[Na+].[Na+].[Na+].[Na+].[Na+].[Na+].[Na+]. The molecule has 0 N–H and O–H groups in total. The van der Waals surface area contributed by atoms with E-state index in [4.69, 9.17) is 33.2 Å². The molecule has 0 bridgehead atoms. The van der Waals surface area contributed by atoms with Gasteiger partial charge in [0, 0.05) is 0 Å². The van der Waals surface area contributed by atoms with E-state index in [1.807, 2.05) is 0 Å². The minimum atomic E-state index is -7.03.